The van der Waals surface area contributed by atoms with Crippen LogP contribution in [0.4, 0.5) is 4.39 Å². The molecule has 31 heavy (non-hydrogen) atoms. The van der Waals surface area contributed by atoms with Crippen molar-refractivity contribution in [2.45, 2.75) is 31.0 Å². The molecule has 0 unspecified atom stereocenters. The van der Waals surface area contributed by atoms with Crippen molar-refractivity contribution in [2.24, 2.45) is 0 Å². The van der Waals surface area contributed by atoms with Crippen LogP contribution in [0.15, 0.2) is 34.2 Å². The molecule has 1 fully saturated rings. The molecular weight excluding hydrogens is 461 g/mol. The molecular formula is C20H20FN3O4S3. The summed E-state index contributed by atoms with van der Waals surface area (Å²) in [4.78, 5) is 33.7. The summed E-state index contributed by atoms with van der Waals surface area (Å²) in [5.41, 5.74) is 0.358. The fourth-order valence-corrected chi connectivity index (χ4v) is 7.60. The molecule has 164 valence electrons. The average Bonchev–Trinajstić information content (AvgIpc) is 3.15. The van der Waals surface area contributed by atoms with Gasteiger partial charge in [0.1, 0.15) is 10.6 Å². The summed E-state index contributed by atoms with van der Waals surface area (Å²) in [5.74, 6) is -0.677. The van der Waals surface area contributed by atoms with E-state index in [1.807, 2.05) is 6.92 Å². The lowest BCUT2D eigenvalue weighted by Gasteiger charge is -2.23. The van der Waals surface area contributed by atoms with E-state index < -0.39 is 15.4 Å². The third-order valence-corrected chi connectivity index (χ3v) is 8.91. The first kappa shape index (κ1) is 22.0. The molecule has 7 nitrogen and oxygen atoms in total. The Kier molecular flexibility index (Phi) is 5.69. The lowest BCUT2D eigenvalue weighted by molar-refractivity contribution is -0.120. The Labute approximate surface area is 186 Å². The summed E-state index contributed by atoms with van der Waals surface area (Å²) in [6, 6.07) is 5.94. The number of benzene rings is 1. The molecule has 1 amide bonds. The van der Waals surface area contributed by atoms with E-state index in [0.29, 0.717) is 21.8 Å². The Bertz CT molecular complexity index is 1330. The van der Waals surface area contributed by atoms with E-state index in [0.717, 1.165) is 27.8 Å². The molecule has 11 heteroatoms. The number of carbonyl (C=O) groups is 1. The molecule has 0 radical (unpaired) electrons. The third-order valence-electron chi connectivity index (χ3n) is 5.13. The van der Waals surface area contributed by atoms with Crippen LogP contribution < -0.4 is 10.9 Å². The summed E-state index contributed by atoms with van der Waals surface area (Å²) in [5, 5.41) is 3.53. The number of thioether (sulfide) groups is 1. The third kappa shape index (κ3) is 4.68. The summed E-state index contributed by atoms with van der Waals surface area (Å²) in [6.07, 6.45) is 0.382. The normalized spacial score (nSPS) is 20.2. The number of amides is 1. The first-order valence-electron chi connectivity index (χ1n) is 9.49. The zero-order valence-electron chi connectivity index (χ0n) is 16.8. The number of hydrogen-bond acceptors (Lipinski definition) is 7. The molecule has 1 atom stereocenters. The molecule has 0 aliphatic carbocycles. The highest BCUT2D eigenvalue weighted by atomic mass is 32.2. The molecule has 0 spiro atoms. The van der Waals surface area contributed by atoms with Crippen LogP contribution in [0.5, 0.6) is 0 Å². The summed E-state index contributed by atoms with van der Waals surface area (Å²) < 4.78 is 36.7. The Balaban J connectivity index is 1.53. The number of H-pyrrole nitrogens is 1. The standard InChI is InChI=1S/C20H20FN3O4S3/c1-11-15(12-3-5-13(21)6-4-12)16-17(26)22-19(23-18(16)30-11)29-9-14(25)24-20(2)7-8-31(27,28)10-20/h3-6H,7-10H2,1-2H3,(H,24,25)(H,22,23,26)/t20-/m0/s1. The first-order chi connectivity index (χ1) is 14.6. The van der Waals surface area contributed by atoms with E-state index in [2.05, 4.69) is 15.3 Å². The maximum absolute atomic E-state index is 13.3. The van der Waals surface area contributed by atoms with Gasteiger partial charge in [-0.15, -0.1) is 11.3 Å². The monoisotopic (exact) mass is 481 g/mol. The van der Waals surface area contributed by atoms with Crippen LogP contribution in [0.2, 0.25) is 0 Å². The number of rotatable bonds is 5. The van der Waals surface area contributed by atoms with Gasteiger partial charge in [0.2, 0.25) is 5.91 Å². The SMILES string of the molecule is Cc1sc2nc(SCC(=O)N[C@@]3(C)CCS(=O)(=O)C3)[nH]c(=O)c2c1-c1ccc(F)cc1. The van der Waals surface area contributed by atoms with E-state index in [-0.39, 0.29) is 34.5 Å². The quantitative estimate of drug-likeness (QED) is 0.428. The van der Waals surface area contributed by atoms with Crippen LogP contribution in [0.25, 0.3) is 21.3 Å². The second-order valence-corrected chi connectivity index (χ2v) is 12.2. The highest BCUT2D eigenvalue weighted by molar-refractivity contribution is 7.99. The number of aryl methyl sites for hydroxylation is 1. The van der Waals surface area contributed by atoms with Crippen molar-refractivity contribution in [3.63, 3.8) is 0 Å². The number of fused-ring (bicyclic) bond motifs is 1. The van der Waals surface area contributed by atoms with Gasteiger partial charge in [0.25, 0.3) is 5.56 Å². The maximum atomic E-state index is 13.3. The van der Waals surface area contributed by atoms with E-state index in [4.69, 9.17) is 0 Å². The van der Waals surface area contributed by atoms with Gasteiger partial charge in [0.05, 0.1) is 28.2 Å². The molecule has 1 aromatic carbocycles. The molecule has 0 saturated carbocycles. The minimum atomic E-state index is -3.12. The number of halogens is 1. The minimum absolute atomic E-state index is 0.000733. The van der Waals surface area contributed by atoms with Crippen molar-refractivity contribution in [1.29, 1.82) is 0 Å². The topological polar surface area (TPSA) is 109 Å². The molecule has 3 aromatic rings. The molecule has 4 rings (SSSR count). The number of hydrogen-bond donors (Lipinski definition) is 2. The number of nitrogens with zero attached hydrogens (tertiary/aromatic N) is 1. The number of nitrogens with one attached hydrogen (secondary N) is 2. The molecule has 2 N–H and O–H groups in total. The van der Waals surface area contributed by atoms with Gasteiger partial charge in [0.15, 0.2) is 15.0 Å². The van der Waals surface area contributed by atoms with Crippen LogP contribution in [-0.4, -0.2) is 47.1 Å². The van der Waals surface area contributed by atoms with Crippen molar-refractivity contribution < 1.29 is 17.6 Å². The van der Waals surface area contributed by atoms with Gasteiger partial charge in [-0.2, -0.15) is 0 Å². The summed E-state index contributed by atoms with van der Waals surface area (Å²) >= 11 is 2.44. The Morgan fingerprint density at radius 3 is 2.71 bits per heavy atom. The highest BCUT2D eigenvalue weighted by Crippen LogP contribution is 2.36. The average molecular weight is 482 g/mol. The van der Waals surface area contributed by atoms with E-state index in [1.54, 1.807) is 19.1 Å². The van der Waals surface area contributed by atoms with Crippen LogP contribution in [0, 0.1) is 12.7 Å². The lowest BCUT2D eigenvalue weighted by atomic mass is 10.0. The molecule has 2 aromatic heterocycles. The van der Waals surface area contributed by atoms with Gasteiger partial charge in [-0.05, 0) is 38.0 Å². The predicted octanol–water partition coefficient (Wildman–Crippen LogP) is 2.88. The largest absolute Gasteiger partial charge is 0.349 e. The fraction of sp³-hybridized carbons (Fsp3) is 0.350. The Hall–Kier alpha value is -2.24. The number of thiophene rings is 1. The zero-order valence-corrected chi connectivity index (χ0v) is 19.3. The van der Waals surface area contributed by atoms with E-state index in [9.17, 15) is 22.4 Å². The molecule has 0 bridgehead atoms. The van der Waals surface area contributed by atoms with Gasteiger partial charge >= 0.3 is 0 Å². The maximum Gasteiger partial charge on any atom is 0.260 e. The number of aromatic nitrogens is 2. The Morgan fingerprint density at radius 2 is 2.06 bits per heavy atom. The molecule has 1 saturated heterocycles. The van der Waals surface area contributed by atoms with Crippen molar-refractivity contribution in [1.82, 2.24) is 15.3 Å². The van der Waals surface area contributed by atoms with Gasteiger partial charge in [-0.1, -0.05) is 23.9 Å². The van der Waals surface area contributed by atoms with Crippen LogP contribution >= 0.6 is 23.1 Å². The summed E-state index contributed by atoms with van der Waals surface area (Å²) in [7, 11) is -3.12. The lowest BCUT2D eigenvalue weighted by Crippen LogP contribution is -2.47. The first-order valence-corrected chi connectivity index (χ1v) is 13.1. The molecule has 3 heterocycles. The van der Waals surface area contributed by atoms with Gasteiger partial charge < -0.3 is 10.3 Å². The van der Waals surface area contributed by atoms with Gasteiger partial charge in [-0.25, -0.2) is 17.8 Å². The number of carbonyl (C=O) groups excluding carboxylic acids is 1. The molecule has 1 aliphatic rings. The predicted molar refractivity (Wildman–Crippen MR) is 121 cm³/mol. The number of aromatic amines is 1. The van der Waals surface area contributed by atoms with Crippen molar-refractivity contribution >= 4 is 49.1 Å². The second-order valence-electron chi connectivity index (χ2n) is 7.83. The van der Waals surface area contributed by atoms with Crippen molar-refractivity contribution in [3.05, 3.63) is 45.3 Å². The highest BCUT2D eigenvalue weighted by Gasteiger charge is 2.39. The second kappa shape index (κ2) is 8.03. The van der Waals surface area contributed by atoms with Crippen molar-refractivity contribution in [3.8, 4) is 11.1 Å². The minimum Gasteiger partial charge on any atom is -0.349 e. The fourth-order valence-electron chi connectivity index (χ4n) is 3.75. The van der Waals surface area contributed by atoms with Gasteiger partial charge in [0, 0.05) is 10.4 Å². The van der Waals surface area contributed by atoms with E-state index >= 15 is 0 Å². The van der Waals surface area contributed by atoms with Crippen LogP contribution in [0.1, 0.15) is 18.2 Å². The van der Waals surface area contributed by atoms with Crippen LogP contribution in [-0.2, 0) is 14.6 Å². The Morgan fingerprint density at radius 1 is 1.35 bits per heavy atom. The van der Waals surface area contributed by atoms with E-state index in [1.165, 1.54) is 23.5 Å². The molecule has 1 aliphatic heterocycles. The van der Waals surface area contributed by atoms with Crippen LogP contribution in [0.3, 0.4) is 0 Å². The summed E-state index contributed by atoms with van der Waals surface area (Å²) in [6.45, 7) is 3.60. The zero-order chi connectivity index (χ0) is 22.4. The van der Waals surface area contributed by atoms with Gasteiger partial charge in [-0.3, -0.25) is 9.59 Å². The number of sulfone groups is 1. The van der Waals surface area contributed by atoms with Crippen molar-refractivity contribution in [2.75, 3.05) is 17.3 Å². The smallest absolute Gasteiger partial charge is 0.260 e.